The Kier molecular flexibility index (Phi) is 5.95. The molecule has 5 N–H and O–H groups in total. The maximum absolute atomic E-state index is 12.0. The molecule has 0 aliphatic carbocycles. The van der Waals surface area contributed by atoms with Crippen molar-refractivity contribution in [2.75, 3.05) is 5.32 Å². The van der Waals surface area contributed by atoms with E-state index in [-0.39, 0.29) is 22.8 Å². The van der Waals surface area contributed by atoms with Gasteiger partial charge in [-0.3, -0.25) is 4.79 Å². The van der Waals surface area contributed by atoms with Crippen LogP contribution >= 0.6 is 0 Å². The highest BCUT2D eigenvalue weighted by Gasteiger charge is 2.09. The SMILES string of the molecule is N#C/C(=C/NCc1ccc(S(N)(=O)=O)cc1)C(=O)Nc1ccc(O)cc1. The quantitative estimate of drug-likeness (QED) is 0.340. The highest BCUT2D eigenvalue weighted by Crippen LogP contribution is 2.14. The standard InChI is InChI=1S/C17H16N4O4S/c18-9-13(17(23)21-14-3-5-15(22)6-4-14)11-20-10-12-1-7-16(8-2-12)26(19,24)25/h1-8,11,20,22H,10H2,(H,21,23)(H2,19,24,25)/b13-11-. The number of nitrogens with zero attached hydrogens (tertiary/aromatic N) is 1. The molecule has 0 aliphatic heterocycles. The molecule has 0 fully saturated rings. The van der Waals surface area contributed by atoms with Gasteiger partial charge in [0.1, 0.15) is 17.4 Å². The molecule has 0 heterocycles. The zero-order valence-electron chi connectivity index (χ0n) is 13.5. The van der Waals surface area contributed by atoms with Crippen LogP contribution in [-0.4, -0.2) is 19.4 Å². The molecule has 0 aromatic heterocycles. The Bertz CT molecular complexity index is 959. The molecule has 0 atom stereocenters. The smallest absolute Gasteiger partial charge is 0.267 e. The molecule has 9 heteroatoms. The number of hydrogen-bond donors (Lipinski definition) is 4. The summed E-state index contributed by atoms with van der Waals surface area (Å²) in [7, 11) is -3.75. The van der Waals surface area contributed by atoms with E-state index in [1.807, 2.05) is 0 Å². The molecule has 2 rings (SSSR count). The van der Waals surface area contributed by atoms with Crippen LogP contribution in [0, 0.1) is 11.3 Å². The molecule has 134 valence electrons. The van der Waals surface area contributed by atoms with Gasteiger partial charge in [-0.15, -0.1) is 0 Å². The number of nitriles is 1. The van der Waals surface area contributed by atoms with E-state index in [0.717, 1.165) is 5.56 Å². The maximum Gasteiger partial charge on any atom is 0.267 e. The van der Waals surface area contributed by atoms with Gasteiger partial charge in [0.15, 0.2) is 0 Å². The fourth-order valence-corrected chi connectivity index (χ4v) is 2.48. The van der Waals surface area contributed by atoms with Crippen molar-refractivity contribution < 1.29 is 18.3 Å². The van der Waals surface area contributed by atoms with Gasteiger partial charge in [-0.2, -0.15) is 5.26 Å². The van der Waals surface area contributed by atoms with Crippen molar-refractivity contribution in [3.8, 4) is 11.8 Å². The van der Waals surface area contributed by atoms with Crippen molar-refractivity contribution in [2.24, 2.45) is 5.14 Å². The normalized spacial score (nSPS) is 11.5. The number of benzene rings is 2. The summed E-state index contributed by atoms with van der Waals surface area (Å²) in [5, 5.41) is 28.7. The average molecular weight is 372 g/mol. The van der Waals surface area contributed by atoms with Gasteiger partial charge in [0.2, 0.25) is 10.0 Å². The Labute approximate surface area is 150 Å². The van der Waals surface area contributed by atoms with Crippen LogP contribution in [0.3, 0.4) is 0 Å². The summed E-state index contributed by atoms with van der Waals surface area (Å²) in [6, 6.07) is 13.5. The van der Waals surface area contributed by atoms with Crippen molar-refractivity contribution in [1.29, 1.82) is 5.26 Å². The number of carbonyl (C=O) groups is 1. The van der Waals surface area contributed by atoms with E-state index in [9.17, 15) is 18.3 Å². The summed E-state index contributed by atoms with van der Waals surface area (Å²) >= 11 is 0. The fraction of sp³-hybridized carbons (Fsp3) is 0.0588. The number of hydrogen-bond acceptors (Lipinski definition) is 6. The third-order valence-corrected chi connectivity index (χ3v) is 4.22. The molecule has 1 amide bonds. The van der Waals surface area contributed by atoms with Crippen LogP contribution in [-0.2, 0) is 21.4 Å². The van der Waals surface area contributed by atoms with E-state index in [4.69, 9.17) is 10.4 Å². The van der Waals surface area contributed by atoms with Crippen LogP contribution in [0.2, 0.25) is 0 Å². The highest BCUT2D eigenvalue weighted by atomic mass is 32.2. The number of phenols is 1. The van der Waals surface area contributed by atoms with Crippen molar-refractivity contribution in [2.45, 2.75) is 11.4 Å². The molecule has 2 aromatic carbocycles. The van der Waals surface area contributed by atoms with Crippen LogP contribution in [0.4, 0.5) is 5.69 Å². The average Bonchev–Trinajstić information content (AvgIpc) is 2.60. The number of nitrogens with two attached hydrogens (primary N) is 1. The van der Waals surface area contributed by atoms with Gasteiger partial charge in [-0.1, -0.05) is 12.1 Å². The molecular weight excluding hydrogens is 356 g/mol. The van der Waals surface area contributed by atoms with Gasteiger partial charge >= 0.3 is 0 Å². The van der Waals surface area contributed by atoms with Gasteiger partial charge < -0.3 is 15.7 Å². The number of amides is 1. The molecule has 2 aromatic rings. The lowest BCUT2D eigenvalue weighted by Gasteiger charge is -2.06. The van der Waals surface area contributed by atoms with Crippen molar-refractivity contribution in [1.82, 2.24) is 5.32 Å². The molecular formula is C17H16N4O4S. The van der Waals surface area contributed by atoms with E-state index in [1.165, 1.54) is 42.6 Å². The first kappa shape index (κ1) is 19.0. The summed E-state index contributed by atoms with van der Waals surface area (Å²) in [5.41, 5.74) is 1.04. The van der Waals surface area contributed by atoms with Gasteiger partial charge in [0.25, 0.3) is 5.91 Å². The second-order valence-electron chi connectivity index (χ2n) is 5.24. The highest BCUT2D eigenvalue weighted by molar-refractivity contribution is 7.89. The summed E-state index contributed by atoms with van der Waals surface area (Å²) < 4.78 is 22.4. The molecule has 0 aliphatic rings. The number of sulfonamides is 1. The Balaban J connectivity index is 1.97. The second kappa shape index (κ2) is 8.15. The number of aromatic hydroxyl groups is 1. The van der Waals surface area contributed by atoms with Gasteiger partial charge in [0.05, 0.1) is 4.90 Å². The second-order valence-corrected chi connectivity index (χ2v) is 6.80. The summed E-state index contributed by atoms with van der Waals surface area (Å²) in [4.78, 5) is 12.0. The van der Waals surface area contributed by atoms with E-state index in [2.05, 4.69) is 10.6 Å². The minimum absolute atomic E-state index is 0.00258. The molecule has 0 bridgehead atoms. The van der Waals surface area contributed by atoms with Gasteiger partial charge in [0, 0.05) is 18.4 Å². The molecule has 8 nitrogen and oxygen atoms in total. The number of anilines is 1. The predicted molar refractivity (Wildman–Crippen MR) is 95.1 cm³/mol. The molecule has 0 spiro atoms. The first-order chi connectivity index (χ1) is 12.3. The summed E-state index contributed by atoms with van der Waals surface area (Å²) in [5.74, 6) is -0.538. The number of primary sulfonamides is 1. The minimum atomic E-state index is -3.75. The minimum Gasteiger partial charge on any atom is -0.508 e. The number of rotatable bonds is 6. The van der Waals surface area contributed by atoms with Crippen LogP contribution < -0.4 is 15.8 Å². The Morgan fingerprint density at radius 1 is 1.15 bits per heavy atom. The number of phenolic OH excluding ortho intramolecular Hbond substituents is 1. The number of carbonyl (C=O) groups excluding carboxylic acids is 1. The fourth-order valence-electron chi connectivity index (χ4n) is 1.96. The lowest BCUT2D eigenvalue weighted by molar-refractivity contribution is -0.112. The number of nitrogens with one attached hydrogen (secondary N) is 2. The van der Waals surface area contributed by atoms with Crippen LogP contribution in [0.25, 0.3) is 0 Å². The third kappa shape index (κ3) is 5.34. The van der Waals surface area contributed by atoms with Crippen molar-refractivity contribution in [3.63, 3.8) is 0 Å². The Hall–Kier alpha value is -3.35. The molecule has 0 saturated heterocycles. The van der Waals surface area contributed by atoms with Crippen LogP contribution in [0.5, 0.6) is 5.75 Å². The van der Waals surface area contributed by atoms with E-state index in [1.54, 1.807) is 18.2 Å². The Morgan fingerprint density at radius 2 is 1.77 bits per heavy atom. The topological polar surface area (TPSA) is 145 Å². The molecule has 26 heavy (non-hydrogen) atoms. The largest absolute Gasteiger partial charge is 0.508 e. The van der Waals surface area contributed by atoms with E-state index in [0.29, 0.717) is 5.69 Å². The van der Waals surface area contributed by atoms with Crippen molar-refractivity contribution in [3.05, 3.63) is 65.9 Å². The van der Waals surface area contributed by atoms with E-state index < -0.39 is 15.9 Å². The van der Waals surface area contributed by atoms with Crippen molar-refractivity contribution >= 4 is 21.6 Å². The molecule has 0 saturated carbocycles. The monoisotopic (exact) mass is 372 g/mol. The summed E-state index contributed by atoms with van der Waals surface area (Å²) in [6.07, 6.45) is 1.27. The molecule has 0 radical (unpaired) electrons. The first-order valence-corrected chi connectivity index (χ1v) is 8.90. The summed E-state index contributed by atoms with van der Waals surface area (Å²) in [6.45, 7) is 0.280. The lowest BCUT2D eigenvalue weighted by Crippen LogP contribution is -2.16. The first-order valence-electron chi connectivity index (χ1n) is 7.35. The zero-order chi connectivity index (χ0) is 19.2. The van der Waals surface area contributed by atoms with Crippen LogP contribution in [0.1, 0.15) is 5.56 Å². The van der Waals surface area contributed by atoms with Gasteiger partial charge in [-0.05, 0) is 42.0 Å². The van der Waals surface area contributed by atoms with Crippen LogP contribution in [0.15, 0.2) is 65.2 Å². The van der Waals surface area contributed by atoms with E-state index >= 15 is 0 Å². The Morgan fingerprint density at radius 3 is 2.31 bits per heavy atom. The maximum atomic E-state index is 12.0. The zero-order valence-corrected chi connectivity index (χ0v) is 14.3. The third-order valence-electron chi connectivity index (χ3n) is 3.29. The lowest BCUT2D eigenvalue weighted by atomic mass is 10.2. The molecule has 0 unspecified atom stereocenters. The predicted octanol–water partition coefficient (Wildman–Crippen LogP) is 1.18. The van der Waals surface area contributed by atoms with Gasteiger partial charge in [-0.25, -0.2) is 13.6 Å².